The van der Waals surface area contributed by atoms with Crippen LogP contribution in [0.3, 0.4) is 0 Å². The minimum Gasteiger partial charge on any atom is -0.462 e. The molecular formula is C25H27N3O5S. The lowest BCUT2D eigenvalue weighted by Crippen LogP contribution is -2.42. The Kier molecular flexibility index (Phi) is 7.87. The van der Waals surface area contributed by atoms with Crippen LogP contribution in [-0.2, 0) is 25.6 Å². The SMILES string of the molecule is CCOC(=O)c1ccccc1NC(=O)CSc1cn(CC(=O)N2CCOCC2)c2ccccc12. The van der Waals surface area contributed by atoms with Crippen LogP contribution < -0.4 is 5.32 Å². The zero-order chi connectivity index (χ0) is 23.9. The molecule has 178 valence electrons. The molecule has 8 nitrogen and oxygen atoms in total. The molecule has 0 saturated carbocycles. The van der Waals surface area contributed by atoms with E-state index < -0.39 is 5.97 Å². The Morgan fingerprint density at radius 3 is 2.59 bits per heavy atom. The molecule has 0 atom stereocenters. The highest BCUT2D eigenvalue weighted by atomic mass is 32.2. The van der Waals surface area contributed by atoms with Crippen molar-refractivity contribution in [3.05, 3.63) is 60.3 Å². The molecule has 0 spiro atoms. The van der Waals surface area contributed by atoms with Gasteiger partial charge in [-0.3, -0.25) is 9.59 Å². The Hall–Kier alpha value is -3.30. The van der Waals surface area contributed by atoms with Gasteiger partial charge in [-0.1, -0.05) is 30.3 Å². The lowest BCUT2D eigenvalue weighted by Gasteiger charge is -2.27. The average molecular weight is 482 g/mol. The highest BCUT2D eigenvalue weighted by Crippen LogP contribution is 2.30. The maximum Gasteiger partial charge on any atom is 0.340 e. The van der Waals surface area contributed by atoms with E-state index in [2.05, 4.69) is 5.32 Å². The van der Waals surface area contributed by atoms with Crippen LogP contribution in [0.25, 0.3) is 10.9 Å². The van der Waals surface area contributed by atoms with Gasteiger partial charge in [-0.05, 0) is 25.1 Å². The second kappa shape index (κ2) is 11.2. The summed E-state index contributed by atoms with van der Waals surface area (Å²) < 4.78 is 12.3. The molecule has 4 rings (SSSR count). The summed E-state index contributed by atoms with van der Waals surface area (Å²) in [6.45, 7) is 4.57. The molecule has 34 heavy (non-hydrogen) atoms. The number of nitrogens with zero attached hydrogens (tertiary/aromatic N) is 2. The van der Waals surface area contributed by atoms with E-state index in [4.69, 9.17) is 9.47 Å². The number of aromatic nitrogens is 1. The van der Waals surface area contributed by atoms with Gasteiger partial charge in [-0.2, -0.15) is 0 Å². The Morgan fingerprint density at radius 2 is 1.79 bits per heavy atom. The summed E-state index contributed by atoms with van der Waals surface area (Å²) in [5.74, 6) is -0.501. The van der Waals surface area contributed by atoms with Gasteiger partial charge in [0, 0.05) is 35.1 Å². The van der Waals surface area contributed by atoms with Crippen LogP contribution in [0.15, 0.2) is 59.6 Å². The van der Waals surface area contributed by atoms with E-state index in [0.29, 0.717) is 37.6 Å². The molecule has 2 amide bonds. The van der Waals surface area contributed by atoms with E-state index in [1.807, 2.05) is 39.9 Å². The number of amides is 2. The molecular weight excluding hydrogens is 454 g/mol. The van der Waals surface area contributed by atoms with Crippen LogP contribution in [-0.4, -0.2) is 65.9 Å². The van der Waals surface area contributed by atoms with Crippen molar-refractivity contribution in [2.75, 3.05) is 44.0 Å². The van der Waals surface area contributed by atoms with Gasteiger partial charge < -0.3 is 24.3 Å². The first-order valence-electron chi connectivity index (χ1n) is 11.2. The van der Waals surface area contributed by atoms with Gasteiger partial charge in [0.25, 0.3) is 0 Å². The molecule has 9 heteroatoms. The minimum atomic E-state index is -0.473. The lowest BCUT2D eigenvalue weighted by atomic mass is 10.2. The Balaban J connectivity index is 1.44. The fraction of sp³-hybridized carbons (Fsp3) is 0.320. The molecule has 1 aromatic heterocycles. The number of fused-ring (bicyclic) bond motifs is 1. The molecule has 0 radical (unpaired) electrons. The summed E-state index contributed by atoms with van der Waals surface area (Å²) in [5.41, 5.74) is 1.69. The molecule has 0 bridgehead atoms. The van der Waals surface area contributed by atoms with Gasteiger partial charge in [-0.15, -0.1) is 11.8 Å². The number of nitrogens with one attached hydrogen (secondary N) is 1. The third-order valence-corrected chi connectivity index (χ3v) is 6.52. The van der Waals surface area contributed by atoms with Crippen molar-refractivity contribution >= 4 is 46.1 Å². The second-order valence-electron chi connectivity index (χ2n) is 7.73. The van der Waals surface area contributed by atoms with Crippen molar-refractivity contribution in [2.45, 2.75) is 18.4 Å². The number of hydrogen-bond donors (Lipinski definition) is 1. The zero-order valence-electron chi connectivity index (χ0n) is 19.0. The largest absolute Gasteiger partial charge is 0.462 e. The number of hydrogen-bond acceptors (Lipinski definition) is 6. The maximum atomic E-state index is 12.8. The quantitative estimate of drug-likeness (QED) is 0.392. The molecule has 1 N–H and O–H groups in total. The number of rotatable bonds is 8. The number of anilines is 1. The summed E-state index contributed by atoms with van der Waals surface area (Å²) in [6, 6.07) is 14.6. The number of esters is 1. The topological polar surface area (TPSA) is 89.9 Å². The lowest BCUT2D eigenvalue weighted by molar-refractivity contribution is -0.135. The van der Waals surface area contributed by atoms with E-state index in [1.165, 1.54) is 11.8 Å². The van der Waals surface area contributed by atoms with Gasteiger partial charge in [0.15, 0.2) is 0 Å². The fourth-order valence-electron chi connectivity index (χ4n) is 3.83. The van der Waals surface area contributed by atoms with Crippen LogP contribution in [0.1, 0.15) is 17.3 Å². The first-order chi connectivity index (χ1) is 16.6. The smallest absolute Gasteiger partial charge is 0.340 e. The number of thioether (sulfide) groups is 1. The summed E-state index contributed by atoms with van der Waals surface area (Å²) >= 11 is 1.39. The van der Waals surface area contributed by atoms with Crippen molar-refractivity contribution in [3.63, 3.8) is 0 Å². The van der Waals surface area contributed by atoms with Crippen LogP contribution in [0, 0.1) is 0 Å². The van der Waals surface area contributed by atoms with Gasteiger partial charge in [0.05, 0.1) is 36.8 Å². The summed E-state index contributed by atoms with van der Waals surface area (Å²) in [4.78, 5) is 40.3. The van der Waals surface area contributed by atoms with Crippen LogP contribution in [0.2, 0.25) is 0 Å². The third kappa shape index (κ3) is 5.60. The summed E-state index contributed by atoms with van der Waals surface area (Å²) in [5, 5.41) is 3.80. The fourth-order valence-corrected chi connectivity index (χ4v) is 4.71. The van der Waals surface area contributed by atoms with Crippen molar-refractivity contribution < 1.29 is 23.9 Å². The van der Waals surface area contributed by atoms with E-state index in [1.54, 1.807) is 31.2 Å². The number of para-hydroxylation sites is 2. The van der Waals surface area contributed by atoms with Crippen LogP contribution in [0.4, 0.5) is 5.69 Å². The number of morpholine rings is 1. The van der Waals surface area contributed by atoms with Crippen LogP contribution >= 0.6 is 11.8 Å². The van der Waals surface area contributed by atoms with Crippen molar-refractivity contribution in [1.29, 1.82) is 0 Å². The van der Waals surface area contributed by atoms with E-state index in [0.717, 1.165) is 15.8 Å². The van der Waals surface area contributed by atoms with Crippen LogP contribution in [0.5, 0.6) is 0 Å². The van der Waals surface area contributed by atoms with Crippen molar-refractivity contribution in [3.8, 4) is 0 Å². The molecule has 2 heterocycles. The van der Waals surface area contributed by atoms with Gasteiger partial charge in [0.2, 0.25) is 11.8 Å². The number of benzene rings is 2. The molecule has 1 aliphatic rings. The highest BCUT2D eigenvalue weighted by molar-refractivity contribution is 8.00. The third-order valence-electron chi connectivity index (χ3n) is 5.48. The van der Waals surface area contributed by atoms with Crippen molar-refractivity contribution in [1.82, 2.24) is 9.47 Å². The molecule has 0 aliphatic carbocycles. The second-order valence-corrected chi connectivity index (χ2v) is 8.75. The first-order valence-corrected chi connectivity index (χ1v) is 12.2. The van der Waals surface area contributed by atoms with E-state index >= 15 is 0 Å². The molecule has 0 unspecified atom stereocenters. The average Bonchev–Trinajstić information content (AvgIpc) is 3.21. The van der Waals surface area contributed by atoms with Crippen molar-refractivity contribution in [2.24, 2.45) is 0 Å². The molecule has 1 aliphatic heterocycles. The predicted octanol–water partition coefficient (Wildman–Crippen LogP) is 3.41. The Labute approximate surface area is 202 Å². The van der Waals surface area contributed by atoms with E-state index in [9.17, 15) is 14.4 Å². The Morgan fingerprint density at radius 1 is 1.06 bits per heavy atom. The number of carbonyl (C=O) groups is 3. The van der Waals surface area contributed by atoms with E-state index in [-0.39, 0.29) is 30.7 Å². The highest BCUT2D eigenvalue weighted by Gasteiger charge is 2.19. The summed E-state index contributed by atoms with van der Waals surface area (Å²) in [6.07, 6.45) is 1.92. The normalized spacial score (nSPS) is 13.6. The number of carbonyl (C=O) groups excluding carboxylic acids is 3. The molecule has 1 fully saturated rings. The standard InChI is InChI=1S/C25H27N3O5S/c1-2-33-25(31)18-7-3-5-9-20(18)26-23(29)17-34-22-15-28(21-10-6-4-8-19(21)22)16-24(30)27-11-13-32-14-12-27/h3-10,15H,2,11-14,16-17H2,1H3,(H,26,29). The Bertz CT molecular complexity index is 1190. The molecule has 1 saturated heterocycles. The minimum absolute atomic E-state index is 0.0499. The van der Waals surface area contributed by atoms with Gasteiger partial charge >= 0.3 is 5.97 Å². The number of ether oxygens (including phenoxy) is 2. The summed E-state index contributed by atoms with van der Waals surface area (Å²) in [7, 11) is 0. The predicted molar refractivity (Wildman–Crippen MR) is 131 cm³/mol. The van der Waals surface area contributed by atoms with Gasteiger partial charge in [0.1, 0.15) is 6.54 Å². The first kappa shape index (κ1) is 23.8. The maximum absolute atomic E-state index is 12.8. The zero-order valence-corrected chi connectivity index (χ0v) is 19.8. The molecule has 2 aromatic carbocycles. The monoisotopic (exact) mass is 481 g/mol. The van der Waals surface area contributed by atoms with Gasteiger partial charge in [-0.25, -0.2) is 4.79 Å². The molecule has 3 aromatic rings.